The third-order valence-corrected chi connectivity index (χ3v) is 13.3. The van der Waals surface area contributed by atoms with Crippen molar-refractivity contribution in [2.75, 3.05) is 19.0 Å². The third-order valence-electron chi connectivity index (χ3n) is 12.5. The number of carbonyl (C=O) groups is 2. The molecule has 0 saturated carbocycles. The number of unbranched alkanes of at least 4 members (excludes halogenated alkanes) is 30. The average Bonchev–Trinajstić information content (AvgIpc) is 3.28. The predicted molar refractivity (Wildman–Crippen MR) is 266 cm³/mol. The van der Waals surface area contributed by atoms with Crippen molar-refractivity contribution in [2.24, 2.45) is 0 Å². The molecular weight excluding hydrogens is 861 g/mol. The topological polar surface area (TPSA) is 186 Å². The Hall–Kier alpha value is -1.87. The zero-order chi connectivity index (χ0) is 48.4. The maximum Gasteiger partial charge on any atom is 0.306 e. The molecule has 13 heteroatoms. The monoisotopic (exact) mass is 959 g/mol. The molecule has 0 radical (unpaired) electrons. The maximum atomic E-state index is 12.9. The van der Waals surface area contributed by atoms with Crippen LogP contribution in [0.25, 0.3) is 0 Å². The SMILES string of the molecule is CCCCCCCCCCC/C=C/CCCCC(=O)OC[C@H](CO[C@H]1O[C@H](CS(=O)(=O)O)[C@@H](O)C(O)C1O)OC(=O)CCC/C=C/CCCCCCCCCCCCCCCCCCCC. The molecule has 1 rings (SSSR count). The smallest absolute Gasteiger partial charge is 0.306 e. The first kappa shape index (κ1) is 62.1. The van der Waals surface area contributed by atoms with Crippen LogP contribution in [0.5, 0.6) is 0 Å². The molecule has 2 unspecified atom stereocenters. The Morgan fingerprint density at radius 2 is 0.879 bits per heavy atom. The summed E-state index contributed by atoms with van der Waals surface area (Å²) in [5.41, 5.74) is 0. The summed E-state index contributed by atoms with van der Waals surface area (Å²) in [5.74, 6) is -2.04. The van der Waals surface area contributed by atoms with Crippen molar-refractivity contribution in [3.8, 4) is 0 Å². The highest BCUT2D eigenvalue weighted by Crippen LogP contribution is 2.24. The number of allylic oxidation sites excluding steroid dienone is 4. The Balaban J connectivity index is 2.35. The second-order valence-corrected chi connectivity index (χ2v) is 20.4. The van der Waals surface area contributed by atoms with Crippen LogP contribution in [0.1, 0.15) is 245 Å². The summed E-state index contributed by atoms with van der Waals surface area (Å²) in [6, 6.07) is 0. The van der Waals surface area contributed by atoms with Crippen molar-refractivity contribution in [3.63, 3.8) is 0 Å². The molecule has 1 aliphatic rings. The quantitative estimate of drug-likeness (QED) is 0.0196. The van der Waals surface area contributed by atoms with E-state index in [2.05, 4.69) is 38.2 Å². The fourth-order valence-electron chi connectivity index (χ4n) is 8.32. The van der Waals surface area contributed by atoms with Crippen LogP contribution in [0.4, 0.5) is 0 Å². The van der Waals surface area contributed by atoms with E-state index in [1.807, 2.05) is 0 Å². The molecule has 4 N–H and O–H groups in total. The number of ether oxygens (including phenoxy) is 4. The van der Waals surface area contributed by atoms with Crippen molar-refractivity contribution in [1.82, 2.24) is 0 Å². The molecule has 0 aromatic carbocycles. The van der Waals surface area contributed by atoms with Gasteiger partial charge in [0, 0.05) is 12.8 Å². The average molecular weight is 959 g/mol. The van der Waals surface area contributed by atoms with Crippen molar-refractivity contribution in [2.45, 2.75) is 282 Å². The molecule has 0 aromatic heterocycles. The lowest BCUT2D eigenvalue weighted by molar-refractivity contribution is -0.297. The van der Waals surface area contributed by atoms with Gasteiger partial charge in [-0.1, -0.05) is 199 Å². The van der Waals surface area contributed by atoms with Crippen LogP contribution >= 0.6 is 0 Å². The van der Waals surface area contributed by atoms with Crippen LogP contribution in [0.15, 0.2) is 24.3 Å². The minimum atomic E-state index is -4.61. The highest BCUT2D eigenvalue weighted by atomic mass is 32.2. The number of aliphatic hydroxyl groups excluding tert-OH is 3. The van der Waals surface area contributed by atoms with Gasteiger partial charge in [0.15, 0.2) is 12.4 Å². The van der Waals surface area contributed by atoms with Gasteiger partial charge in [-0.2, -0.15) is 8.42 Å². The van der Waals surface area contributed by atoms with Crippen LogP contribution in [-0.2, 0) is 38.7 Å². The lowest BCUT2D eigenvalue weighted by atomic mass is 10.00. The Bertz CT molecular complexity index is 1310. The summed E-state index contributed by atoms with van der Waals surface area (Å²) in [4.78, 5) is 25.5. The summed E-state index contributed by atoms with van der Waals surface area (Å²) in [6.07, 6.45) is 41.0. The summed E-state index contributed by atoms with van der Waals surface area (Å²) in [5, 5.41) is 31.0. The second kappa shape index (κ2) is 43.2. The molecule has 1 fully saturated rings. The first-order chi connectivity index (χ1) is 32.0. The number of hydrogen-bond acceptors (Lipinski definition) is 11. The van der Waals surface area contributed by atoms with Gasteiger partial charge < -0.3 is 34.3 Å². The summed E-state index contributed by atoms with van der Waals surface area (Å²) in [7, 11) is -4.61. The van der Waals surface area contributed by atoms with Gasteiger partial charge in [0.25, 0.3) is 10.1 Å². The zero-order valence-corrected chi connectivity index (χ0v) is 42.6. The minimum Gasteiger partial charge on any atom is -0.462 e. The summed E-state index contributed by atoms with van der Waals surface area (Å²) < 4.78 is 54.2. The van der Waals surface area contributed by atoms with Gasteiger partial charge in [-0.05, 0) is 57.8 Å². The Kier molecular flexibility index (Phi) is 40.7. The third kappa shape index (κ3) is 37.1. The molecular formula is C53H98O12S. The highest BCUT2D eigenvalue weighted by molar-refractivity contribution is 7.85. The lowest BCUT2D eigenvalue weighted by Crippen LogP contribution is -2.60. The van der Waals surface area contributed by atoms with E-state index in [1.54, 1.807) is 0 Å². The number of rotatable bonds is 46. The number of esters is 2. The Labute approximate surface area is 402 Å². The molecule has 66 heavy (non-hydrogen) atoms. The van der Waals surface area contributed by atoms with Crippen molar-refractivity contribution in [3.05, 3.63) is 24.3 Å². The Morgan fingerprint density at radius 3 is 1.30 bits per heavy atom. The van der Waals surface area contributed by atoms with E-state index < -0.39 is 71.2 Å². The van der Waals surface area contributed by atoms with Crippen LogP contribution in [0, 0.1) is 0 Å². The van der Waals surface area contributed by atoms with E-state index in [0.29, 0.717) is 19.3 Å². The number of hydrogen-bond donors (Lipinski definition) is 4. The molecule has 0 aliphatic carbocycles. The van der Waals surface area contributed by atoms with Crippen molar-refractivity contribution >= 4 is 22.1 Å². The van der Waals surface area contributed by atoms with Crippen molar-refractivity contribution < 1.29 is 56.8 Å². The van der Waals surface area contributed by atoms with E-state index in [0.717, 1.165) is 32.1 Å². The van der Waals surface area contributed by atoms with Crippen LogP contribution in [0.3, 0.4) is 0 Å². The second-order valence-electron chi connectivity index (χ2n) is 18.9. The van der Waals surface area contributed by atoms with Gasteiger partial charge >= 0.3 is 11.9 Å². The minimum absolute atomic E-state index is 0.116. The van der Waals surface area contributed by atoms with Crippen LogP contribution in [-0.4, -0.2) is 96.0 Å². The maximum absolute atomic E-state index is 12.9. The van der Waals surface area contributed by atoms with Gasteiger partial charge in [0.2, 0.25) is 0 Å². The first-order valence-electron chi connectivity index (χ1n) is 26.9. The van der Waals surface area contributed by atoms with Gasteiger partial charge in [-0.25, -0.2) is 0 Å². The van der Waals surface area contributed by atoms with E-state index in [-0.39, 0.29) is 19.4 Å². The fourth-order valence-corrected chi connectivity index (χ4v) is 9.02. The van der Waals surface area contributed by atoms with Gasteiger partial charge in [0.05, 0.1) is 6.61 Å². The number of carbonyl (C=O) groups excluding carboxylic acids is 2. The molecule has 388 valence electrons. The predicted octanol–water partition coefficient (Wildman–Crippen LogP) is 12.3. The van der Waals surface area contributed by atoms with Gasteiger partial charge in [-0.3, -0.25) is 14.1 Å². The van der Waals surface area contributed by atoms with Crippen molar-refractivity contribution in [1.29, 1.82) is 0 Å². The molecule has 12 nitrogen and oxygen atoms in total. The number of aliphatic hydroxyl groups is 3. The first-order valence-corrected chi connectivity index (χ1v) is 28.5. The van der Waals surface area contributed by atoms with E-state index in [4.69, 9.17) is 18.9 Å². The standard InChI is InChI=1S/C53H98O12S/c1-3-5-7-9-11-13-15-17-19-20-21-22-23-24-25-26-28-30-32-34-36-38-40-42-49(55)64-46(44-63-53-52(58)51(57)50(56)47(65-53)45-66(59,60)61)43-62-48(54)41-39-37-35-33-31-29-27-18-16-14-12-10-8-6-4-2/h31,33-34,36,46-47,50-53,56-58H,3-30,32,35,37-45H2,1-2H3,(H,59,60,61)/b33-31+,36-34+/t46-,47-,50-,51?,52?,53+/m1/s1. The molecule has 0 bridgehead atoms. The normalized spacial score (nSPS) is 19.5. The molecule has 6 atom stereocenters. The molecule has 1 aliphatic heterocycles. The Morgan fingerprint density at radius 1 is 0.500 bits per heavy atom. The zero-order valence-electron chi connectivity index (χ0n) is 41.8. The molecule has 1 saturated heterocycles. The molecule has 0 aromatic rings. The van der Waals surface area contributed by atoms with E-state index >= 15 is 0 Å². The fraction of sp³-hybridized carbons (Fsp3) is 0.887. The van der Waals surface area contributed by atoms with Gasteiger partial charge in [-0.15, -0.1) is 0 Å². The highest BCUT2D eigenvalue weighted by Gasteiger charge is 2.46. The summed E-state index contributed by atoms with van der Waals surface area (Å²) in [6.45, 7) is 3.76. The molecule has 1 heterocycles. The lowest BCUT2D eigenvalue weighted by Gasteiger charge is -2.40. The van der Waals surface area contributed by atoms with Crippen LogP contribution < -0.4 is 0 Å². The molecule has 0 amide bonds. The largest absolute Gasteiger partial charge is 0.462 e. The van der Waals surface area contributed by atoms with Gasteiger partial charge in [0.1, 0.15) is 36.8 Å². The summed E-state index contributed by atoms with van der Waals surface area (Å²) >= 11 is 0. The molecule has 0 spiro atoms. The van der Waals surface area contributed by atoms with E-state index in [9.17, 15) is 37.9 Å². The van der Waals surface area contributed by atoms with Crippen LogP contribution in [0.2, 0.25) is 0 Å². The van der Waals surface area contributed by atoms with E-state index in [1.165, 1.54) is 167 Å².